The summed E-state index contributed by atoms with van der Waals surface area (Å²) in [7, 11) is 0. The van der Waals surface area contributed by atoms with Crippen LogP contribution in [0, 0.1) is 13.8 Å². The van der Waals surface area contributed by atoms with E-state index >= 15 is 0 Å². The topological polar surface area (TPSA) is 79.3 Å². The largest absolute Gasteiger partial charge is 0.462 e. The molecule has 7 nitrogen and oxygen atoms in total. The Hall–Kier alpha value is -3.87. The molecule has 7 heteroatoms. The van der Waals surface area contributed by atoms with E-state index in [4.69, 9.17) is 9.15 Å². The minimum absolute atomic E-state index is 0.205. The number of nitrogens with zero attached hydrogens (tertiary/aromatic N) is 3. The molecule has 0 saturated heterocycles. The SMILES string of the molecule is Cc1nn(-c2ccccc2)c(C)c1/C=C/C(=O)OCCCn1c(=O)oc2ccccc21. The number of aromatic nitrogens is 3. The summed E-state index contributed by atoms with van der Waals surface area (Å²) in [5.74, 6) is -0.843. The van der Waals surface area contributed by atoms with Crippen molar-refractivity contribution in [3.63, 3.8) is 0 Å². The van der Waals surface area contributed by atoms with Crippen molar-refractivity contribution in [3.8, 4) is 5.69 Å². The van der Waals surface area contributed by atoms with Gasteiger partial charge in [0.05, 0.1) is 23.5 Å². The maximum atomic E-state index is 12.1. The van der Waals surface area contributed by atoms with Crippen molar-refractivity contribution >= 4 is 23.1 Å². The highest BCUT2D eigenvalue weighted by atomic mass is 16.5. The van der Waals surface area contributed by atoms with Crippen LogP contribution in [-0.2, 0) is 16.1 Å². The summed E-state index contributed by atoms with van der Waals surface area (Å²) in [6, 6.07) is 17.1. The lowest BCUT2D eigenvalue weighted by Gasteiger charge is -2.04. The first kappa shape index (κ1) is 20.4. The van der Waals surface area contributed by atoms with Crippen molar-refractivity contribution in [2.24, 2.45) is 0 Å². The van der Waals surface area contributed by atoms with E-state index in [9.17, 15) is 9.59 Å². The molecule has 158 valence electrons. The van der Waals surface area contributed by atoms with E-state index in [1.165, 1.54) is 6.08 Å². The van der Waals surface area contributed by atoms with Crippen molar-refractivity contribution in [1.82, 2.24) is 14.3 Å². The molecule has 0 spiro atoms. The van der Waals surface area contributed by atoms with E-state index in [1.807, 2.05) is 67.1 Å². The Morgan fingerprint density at radius 2 is 1.84 bits per heavy atom. The molecule has 0 fully saturated rings. The van der Waals surface area contributed by atoms with E-state index in [2.05, 4.69) is 5.10 Å². The predicted molar refractivity (Wildman–Crippen MR) is 118 cm³/mol. The van der Waals surface area contributed by atoms with Crippen LogP contribution < -0.4 is 5.76 Å². The molecular weight excluding hydrogens is 394 g/mol. The molecule has 0 amide bonds. The molecule has 31 heavy (non-hydrogen) atoms. The number of hydrogen-bond acceptors (Lipinski definition) is 5. The van der Waals surface area contributed by atoms with Gasteiger partial charge in [0, 0.05) is 23.9 Å². The van der Waals surface area contributed by atoms with E-state index in [0.29, 0.717) is 18.5 Å². The monoisotopic (exact) mass is 417 g/mol. The van der Waals surface area contributed by atoms with Gasteiger partial charge < -0.3 is 9.15 Å². The van der Waals surface area contributed by atoms with Gasteiger partial charge in [0.2, 0.25) is 0 Å². The standard InChI is InChI=1S/C24H23N3O4/c1-17-20(18(2)27(25-17)19-9-4-3-5-10-19)13-14-23(28)30-16-8-15-26-21-11-6-7-12-22(21)31-24(26)29/h3-7,9-14H,8,15-16H2,1-2H3/b14-13+. The molecule has 0 aliphatic rings. The third-order valence-electron chi connectivity index (χ3n) is 5.08. The van der Waals surface area contributed by atoms with Gasteiger partial charge in [-0.2, -0.15) is 5.10 Å². The van der Waals surface area contributed by atoms with Gasteiger partial charge >= 0.3 is 11.7 Å². The van der Waals surface area contributed by atoms with Crippen LogP contribution in [0.3, 0.4) is 0 Å². The van der Waals surface area contributed by atoms with Crippen LogP contribution in [0.4, 0.5) is 0 Å². The van der Waals surface area contributed by atoms with Crippen molar-refractivity contribution in [2.75, 3.05) is 6.61 Å². The fourth-order valence-corrected chi connectivity index (χ4v) is 3.54. The zero-order valence-electron chi connectivity index (χ0n) is 17.4. The normalized spacial score (nSPS) is 11.4. The molecule has 0 unspecified atom stereocenters. The minimum atomic E-state index is -0.435. The average molecular weight is 417 g/mol. The van der Waals surface area contributed by atoms with Crippen LogP contribution in [0.1, 0.15) is 23.4 Å². The summed E-state index contributed by atoms with van der Waals surface area (Å²) in [6.07, 6.45) is 3.65. The van der Waals surface area contributed by atoms with E-state index < -0.39 is 11.7 Å². The summed E-state index contributed by atoms with van der Waals surface area (Å²) in [6.45, 7) is 4.49. The Bertz CT molecular complexity index is 1300. The number of hydrogen-bond donors (Lipinski definition) is 0. The van der Waals surface area contributed by atoms with Gasteiger partial charge in [-0.15, -0.1) is 0 Å². The molecular formula is C24H23N3O4. The molecule has 4 aromatic rings. The first-order valence-electron chi connectivity index (χ1n) is 10.1. The first-order chi connectivity index (χ1) is 15.0. The summed E-state index contributed by atoms with van der Waals surface area (Å²) in [4.78, 5) is 24.1. The molecule has 4 rings (SSSR count). The number of carbonyl (C=O) groups is 1. The van der Waals surface area contributed by atoms with Crippen LogP contribution in [0.15, 0.2) is 69.9 Å². The number of carbonyl (C=O) groups excluding carboxylic acids is 1. The number of para-hydroxylation sites is 3. The molecule has 0 aliphatic carbocycles. The maximum Gasteiger partial charge on any atom is 0.419 e. The fraction of sp³-hybridized carbons (Fsp3) is 0.208. The quantitative estimate of drug-likeness (QED) is 0.258. The van der Waals surface area contributed by atoms with Gasteiger partial charge in [0.15, 0.2) is 5.58 Å². The number of fused-ring (bicyclic) bond motifs is 1. The van der Waals surface area contributed by atoms with Crippen molar-refractivity contribution < 1.29 is 13.9 Å². The molecule has 2 aromatic heterocycles. The maximum absolute atomic E-state index is 12.1. The average Bonchev–Trinajstić information content (AvgIpc) is 3.25. The zero-order chi connectivity index (χ0) is 21.8. The number of oxazole rings is 1. The lowest BCUT2D eigenvalue weighted by Crippen LogP contribution is -2.15. The van der Waals surface area contributed by atoms with Gasteiger partial charge in [0.1, 0.15) is 0 Å². The van der Waals surface area contributed by atoms with Crippen LogP contribution in [0.5, 0.6) is 0 Å². The van der Waals surface area contributed by atoms with Crippen LogP contribution in [0.2, 0.25) is 0 Å². The molecule has 0 atom stereocenters. The highest BCUT2D eigenvalue weighted by Crippen LogP contribution is 2.19. The first-order valence-corrected chi connectivity index (χ1v) is 10.1. The number of benzene rings is 2. The van der Waals surface area contributed by atoms with Crippen molar-refractivity contribution in [3.05, 3.63) is 88.2 Å². The van der Waals surface area contributed by atoms with Gasteiger partial charge in [-0.05, 0) is 50.6 Å². The summed E-state index contributed by atoms with van der Waals surface area (Å²) < 4.78 is 13.9. The molecule has 0 saturated carbocycles. The van der Waals surface area contributed by atoms with Crippen LogP contribution in [-0.4, -0.2) is 26.9 Å². The van der Waals surface area contributed by atoms with E-state index in [1.54, 1.807) is 16.7 Å². The Morgan fingerprint density at radius 1 is 1.10 bits per heavy atom. The van der Waals surface area contributed by atoms with E-state index in [-0.39, 0.29) is 6.61 Å². The lowest BCUT2D eigenvalue weighted by molar-refractivity contribution is -0.137. The lowest BCUT2D eigenvalue weighted by atomic mass is 10.2. The summed E-state index contributed by atoms with van der Waals surface area (Å²) in [5.41, 5.74) is 4.91. The fourth-order valence-electron chi connectivity index (χ4n) is 3.54. The third-order valence-corrected chi connectivity index (χ3v) is 5.08. The summed E-state index contributed by atoms with van der Waals surface area (Å²) in [5, 5.41) is 4.57. The molecule has 0 radical (unpaired) electrons. The summed E-state index contributed by atoms with van der Waals surface area (Å²) >= 11 is 0. The van der Waals surface area contributed by atoms with Crippen molar-refractivity contribution in [1.29, 1.82) is 0 Å². The number of aryl methyl sites for hydroxylation is 2. The van der Waals surface area contributed by atoms with Gasteiger partial charge in [-0.3, -0.25) is 4.57 Å². The van der Waals surface area contributed by atoms with Crippen molar-refractivity contribution in [2.45, 2.75) is 26.8 Å². The van der Waals surface area contributed by atoms with Gasteiger partial charge in [-0.25, -0.2) is 14.3 Å². The van der Waals surface area contributed by atoms with Crippen LogP contribution in [0.25, 0.3) is 22.9 Å². The highest BCUT2D eigenvalue weighted by Gasteiger charge is 2.11. The Balaban J connectivity index is 1.35. The molecule has 2 heterocycles. The molecule has 0 N–H and O–H groups in total. The Labute approximate surface area is 179 Å². The third kappa shape index (κ3) is 4.35. The van der Waals surface area contributed by atoms with Crippen LogP contribution >= 0.6 is 0 Å². The molecule has 2 aromatic carbocycles. The van der Waals surface area contributed by atoms with Gasteiger partial charge in [0.25, 0.3) is 0 Å². The second-order valence-electron chi connectivity index (χ2n) is 7.17. The molecule has 0 bridgehead atoms. The van der Waals surface area contributed by atoms with Gasteiger partial charge in [-0.1, -0.05) is 30.3 Å². The zero-order valence-corrected chi connectivity index (χ0v) is 17.4. The minimum Gasteiger partial charge on any atom is -0.462 e. The number of ether oxygens (including phenoxy) is 1. The smallest absolute Gasteiger partial charge is 0.419 e. The van der Waals surface area contributed by atoms with E-state index in [0.717, 1.165) is 28.2 Å². The predicted octanol–water partition coefficient (Wildman–Crippen LogP) is 4.04. The second-order valence-corrected chi connectivity index (χ2v) is 7.17. The highest BCUT2D eigenvalue weighted by molar-refractivity contribution is 5.87. The Morgan fingerprint density at radius 3 is 2.65 bits per heavy atom. The number of rotatable bonds is 7. The Kier molecular flexibility index (Phi) is 5.84. The second kappa shape index (κ2) is 8.87. The number of esters is 1. The molecule has 0 aliphatic heterocycles.